The first-order valence-electron chi connectivity index (χ1n) is 3.49. The zero-order valence-electron chi connectivity index (χ0n) is 6.60. The number of hydrogen-bond donors (Lipinski definition) is 1. The molecule has 0 aliphatic heterocycles. The molecule has 1 aromatic rings. The van der Waals surface area contributed by atoms with Crippen LogP contribution in [0.3, 0.4) is 0 Å². The second-order valence-corrected chi connectivity index (χ2v) is 2.31. The summed E-state index contributed by atoms with van der Waals surface area (Å²) < 4.78 is 4.51. The van der Waals surface area contributed by atoms with Gasteiger partial charge in [-0.25, -0.2) is 4.79 Å². The highest BCUT2D eigenvalue weighted by atomic mass is 16.7. The van der Waals surface area contributed by atoms with Gasteiger partial charge in [-0.3, -0.25) is 4.98 Å². The Morgan fingerprint density at radius 2 is 2.50 bits per heavy atom. The van der Waals surface area contributed by atoms with Crippen molar-refractivity contribution >= 4 is 6.16 Å². The Bertz CT molecular complexity index is 260. The molecule has 0 aliphatic carbocycles. The van der Waals surface area contributed by atoms with Gasteiger partial charge in [0, 0.05) is 18.0 Å². The monoisotopic (exact) mass is 167 g/mol. The van der Waals surface area contributed by atoms with E-state index in [0.717, 1.165) is 5.56 Å². The van der Waals surface area contributed by atoms with Crippen LogP contribution in [0.15, 0.2) is 24.5 Å². The third kappa shape index (κ3) is 2.23. The molecule has 4 heteroatoms. The molecule has 0 bridgehead atoms. The summed E-state index contributed by atoms with van der Waals surface area (Å²) in [6, 6.07) is 3.50. The van der Waals surface area contributed by atoms with E-state index in [2.05, 4.69) is 9.72 Å². The number of rotatable bonds is 2. The highest BCUT2D eigenvalue weighted by molar-refractivity contribution is 5.57. The topological polar surface area (TPSA) is 59.4 Å². The van der Waals surface area contributed by atoms with Gasteiger partial charge < -0.3 is 9.84 Å². The molecular formula is C8H9NO3. The van der Waals surface area contributed by atoms with Crippen LogP contribution < -0.4 is 0 Å². The summed E-state index contributed by atoms with van der Waals surface area (Å²) in [5.74, 6) is 0. The molecule has 0 aliphatic rings. The Kier molecular flexibility index (Phi) is 2.63. The second-order valence-electron chi connectivity index (χ2n) is 2.31. The predicted molar refractivity (Wildman–Crippen MR) is 41.8 cm³/mol. The van der Waals surface area contributed by atoms with Crippen molar-refractivity contribution in [3.63, 3.8) is 0 Å². The minimum atomic E-state index is -1.27. The average molecular weight is 167 g/mol. The van der Waals surface area contributed by atoms with Crippen molar-refractivity contribution in [1.29, 1.82) is 0 Å². The first kappa shape index (κ1) is 8.52. The van der Waals surface area contributed by atoms with Gasteiger partial charge >= 0.3 is 6.16 Å². The predicted octanol–water partition coefficient (Wildman–Crippen LogP) is 1.84. The molecule has 1 N–H and O–H groups in total. The molecule has 0 fully saturated rings. The summed E-state index contributed by atoms with van der Waals surface area (Å²) in [6.45, 7) is 1.66. The van der Waals surface area contributed by atoms with Crippen LogP contribution in [0.25, 0.3) is 0 Å². The van der Waals surface area contributed by atoms with Gasteiger partial charge in [0.15, 0.2) is 0 Å². The molecular weight excluding hydrogens is 158 g/mol. The van der Waals surface area contributed by atoms with Gasteiger partial charge in [0.2, 0.25) is 0 Å². The third-order valence-electron chi connectivity index (χ3n) is 1.43. The van der Waals surface area contributed by atoms with Crippen molar-refractivity contribution in [3.8, 4) is 0 Å². The van der Waals surface area contributed by atoms with Crippen LogP contribution in [0.5, 0.6) is 0 Å². The van der Waals surface area contributed by atoms with Crippen LogP contribution in [0.2, 0.25) is 0 Å². The molecule has 1 atom stereocenters. The van der Waals surface area contributed by atoms with Gasteiger partial charge in [0.25, 0.3) is 0 Å². The summed E-state index contributed by atoms with van der Waals surface area (Å²) in [5, 5.41) is 8.30. The van der Waals surface area contributed by atoms with Crippen molar-refractivity contribution < 1.29 is 14.6 Å². The fourth-order valence-electron chi connectivity index (χ4n) is 0.836. The smallest absolute Gasteiger partial charge is 0.450 e. The number of hydrogen-bond acceptors (Lipinski definition) is 3. The zero-order valence-corrected chi connectivity index (χ0v) is 6.60. The Morgan fingerprint density at radius 3 is 3.00 bits per heavy atom. The number of carboxylic acid groups (broad SMARTS) is 1. The first-order chi connectivity index (χ1) is 5.70. The second kappa shape index (κ2) is 3.71. The van der Waals surface area contributed by atoms with Gasteiger partial charge in [0.1, 0.15) is 6.10 Å². The highest BCUT2D eigenvalue weighted by Gasteiger charge is 2.08. The average Bonchev–Trinajstić information content (AvgIpc) is 2.05. The fraction of sp³-hybridized carbons (Fsp3) is 0.250. The molecule has 0 radical (unpaired) electrons. The van der Waals surface area contributed by atoms with Crippen LogP contribution >= 0.6 is 0 Å². The molecule has 12 heavy (non-hydrogen) atoms. The molecule has 1 aromatic heterocycles. The van der Waals surface area contributed by atoms with Crippen LogP contribution in [0.1, 0.15) is 18.6 Å². The minimum Gasteiger partial charge on any atom is -0.450 e. The molecule has 0 saturated carbocycles. The quantitative estimate of drug-likeness (QED) is 0.682. The van der Waals surface area contributed by atoms with E-state index in [9.17, 15) is 4.79 Å². The van der Waals surface area contributed by atoms with Crippen molar-refractivity contribution in [1.82, 2.24) is 4.98 Å². The van der Waals surface area contributed by atoms with E-state index in [1.807, 2.05) is 0 Å². The Labute approximate surface area is 69.8 Å². The molecule has 1 unspecified atom stereocenters. The number of nitrogens with zero attached hydrogens (tertiary/aromatic N) is 1. The SMILES string of the molecule is CC(OC(=O)O)c1cccnc1. The summed E-state index contributed by atoms with van der Waals surface area (Å²) in [4.78, 5) is 14.0. The standard InChI is InChI=1S/C8H9NO3/c1-6(12-8(10)11)7-3-2-4-9-5-7/h2-6H,1H3,(H,10,11). The van der Waals surface area contributed by atoms with E-state index in [0.29, 0.717) is 0 Å². The Morgan fingerprint density at radius 1 is 1.75 bits per heavy atom. The van der Waals surface area contributed by atoms with Crippen molar-refractivity contribution in [2.45, 2.75) is 13.0 Å². The third-order valence-corrected chi connectivity index (χ3v) is 1.43. The maximum Gasteiger partial charge on any atom is 0.506 e. The number of ether oxygens (including phenoxy) is 1. The fourth-order valence-corrected chi connectivity index (χ4v) is 0.836. The lowest BCUT2D eigenvalue weighted by Crippen LogP contribution is -2.05. The van der Waals surface area contributed by atoms with E-state index < -0.39 is 12.3 Å². The number of pyridine rings is 1. The molecule has 4 nitrogen and oxygen atoms in total. The Hall–Kier alpha value is -1.58. The van der Waals surface area contributed by atoms with Crippen LogP contribution in [0, 0.1) is 0 Å². The van der Waals surface area contributed by atoms with Crippen LogP contribution in [0.4, 0.5) is 4.79 Å². The van der Waals surface area contributed by atoms with Crippen molar-refractivity contribution in [2.24, 2.45) is 0 Å². The summed E-state index contributed by atoms with van der Waals surface area (Å²) >= 11 is 0. The van der Waals surface area contributed by atoms with Gasteiger partial charge in [-0.2, -0.15) is 0 Å². The van der Waals surface area contributed by atoms with E-state index in [1.165, 1.54) is 0 Å². The summed E-state index contributed by atoms with van der Waals surface area (Å²) in [6.07, 6.45) is 1.47. The maximum absolute atomic E-state index is 10.1. The lowest BCUT2D eigenvalue weighted by molar-refractivity contribution is 0.0586. The Balaban J connectivity index is 2.65. The van der Waals surface area contributed by atoms with Crippen LogP contribution in [-0.2, 0) is 4.74 Å². The van der Waals surface area contributed by atoms with E-state index in [4.69, 9.17) is 5.11 Å². The number of carbonyl (C=O) groups is 1. The number of aromatic nitrogens is 1. The zero-order chi connectivity index (χ0) is 8.97. The maximum atomic E-state index is 10.1. The van der Waals surface area contributed by atoms with Crippen LogP contribution in [-0.4, -0.2) is 16.2 Å². The molecule has 1 rings (SSSR count). The molecule has 0 spiro atoms. The lowest BCUT2D eigenvalue weighted by Gasteiger charge is -2.09. The summed E-state index contributed by atoms with van der Waals surface area (Å²) in [7, 11) is 0. The minimum absolute atomic E-state index is 0.462. The van der Waals surface area contributed by atoms with Crippen molar-refractivity contribution in [3.05, 3.63) is 30.1 Å². The van der Waals surface area contributed by atoms with Gasteiger partial charge in [0.05, 0.1) is 0 Å². The molecule has 0 aromatic carbocycles. The van der Waals surface area contributed by atoms with E-state index >= 15 is 0 Å². The molecule has 0 amide bonds. The van der Waals surface area contributed by atoms with E-state index in [1.54, 1.807) is 31.5 Å². The van der Waals surface area contributed by atoms with Gasteiger partial charge in [-0.05, 0) is 13.0 Å². The van der Waals surface area contributed by atoms with Crippen molar-refractivity contribution in [2.75, 3.05) is 0 Å². The summed E-state index contributed by atoms with van der Waals surface area (Å²) in [5.41, 5.74) is 0.750. The van der Waals surface area contributed by atoms with Gasteiger partial charge in [-0.15, -0.1) is 0 Å². The molecule has 0 saturated heterocycles. The van der Waals surface area contributed by atoms with E-state index in [-0.39, 0.29) is 0 Å². The molecule has 1 heterocycles. The van der Waals surface area contributed by atoms with Gasteiger partial charge in [-0.1, -0.05) is 6.07 Å². The highest BCUT2D eigenvalue weighted by Crippen LogP contribution is 2.14. The lowest BCUT2D eigenvalue weighted by atomic mass is 10.2. The first-order valence-corrected chi connectivity index (χ1v) is 3.49. The molecule has 64 valence electrons. The normalized spacial score (nSPS) is 12.1. The largest absolute Gasteiger partial charge is 0.506 e.